The fraction of sp³-hybridized carbons (Fsp3) is 0.167. The van der Waals surface area contributed by atoms with Gasteiger partial charge >= 0.3 is 0 Å². The van der Waals surface area contributed by atoms with Gasteiger partial charge in [0.1, 0.15) is 0 Å². The van der Waals surface area contributed by atoms with Gasteiger partial charge in [0, 0.05) is 24.4 Å². The summed E-state index contributed by atoms with van der Waals surface area (Å²) in [7, 11) is 0. The van der Waals surface area contributed by atoms with E-state index in [9.17, 15) is 4.79 Å². The number of carbonyl (C=O) groups excluding carboxylic acids is 1. The first-order valence-corrected chi connectivity index (χ1v) is 4.71. The van der Waals surface area contributed by atoms with Crippen molar-refractivity contribution in [3.05, 3.63) is 53.7 Å². The number of Topliss-reactive ketones (excluding diaryl/α,β-unsaturated/α-hetero) is 1. The van der Waals surface area contributed by atoms with Crippen molar-refractivity contribution in [3.63, 3.8) is 0 Å². The molecule has 0 bridgehead atoms. The van der Waals surface area contributed by atoms with Gasteiger partial charge < -0.3 is 4.42 Å². The summed E-state index contributed by atoms with van der Waals surface area (Å²) in [5, 5.41) is 0. The van der Waals surface area contributed by atoms with Crippen LogP contribution in [-0.4, -0.2) is 10.8 Å². The third kappa shape index (κ3) is 2.31. The lowest BCUT2D eigenvalue weighted by atomic mass is 10.1. The van der Waals surface area contributed by atoms with Crippen LogP contribution in [0.4, 0.5) is 0 Å². The van der Waals surface area contributed by atoms with Crippen LogP contribution in [0.25, 0.3) is 0 Å². The summed E-state index contributed by atoms with van der Waals surface area (Å²) in [5.41, 5.74) is 2.53. The zero-order chi connectivity index (χ0) is 10.7. The standard InChI is InChI=1S/C12H11NO2/c1-9-4-11(7-13-6-9)12(14)5-10-2-3-15-8-10/h2-4,6-8H,5H2,1H3. The first kappa shape index (κ1) is 9.65. The lowest BCUT2D eigenvalue weighted by Gasteiger charge is -1.99. The van der Waals surface area contributed by atoms with E-state index in [4.69, 9.17) is 4.42 Å². The van der Waals surface area contributed by atoms with Gasteiger partial charge in [-0.25, -0.2) is 0 Å². The van der Waals surface area contributed by atoms with Crippen LogP contribution in [0.2, 0.25) is 0 Å². The zero-order valence-electron chi connectivity index (χ0n) is 8.43. The van der Waals surface area contributed by atoms with E-state index in [0.29, 0.717) is 12.0 Å². The third-order valence-electron chi connectivity index (χ3n) is 2.14. The molecule has 0 aliphatic heterocycles. The number of rotatable bonds is 3. The molecule has 0 aliphatic carbocycles. The fourth-order valence-electron chi connectivity index (χ4n) is 1.39. The van der Waals surface area contributed by atoms with Gasteiger partial charge in [0.2, 0.25) is 0 Å². The number of nitrogens with zero attached hydrogens (tertiary/aromatic N) is 1. The van der Waals surface area contributed by atoms with Crippen molar-refractivity contribution in [1.82, 2.24) is 4.98 Å². The molecule has 2 aromatic heterocycles. The molecule has 0 amide bonds. The van der Waals surface area contributed by atoms with Gasteiger partial charge in [-0.15, -0.1) is 0 Å². The number of furan rings is 1. The minimum absolute atomic E-state index is 0.0626. The predicted molar refractivity (Wildman–Crippen MR) is 55.7 cm³/mol. The lowest BCUT2D eigenvalue weighted by Crippen LogP contribution is -2.03. The van der Waals surface area contributed by atoms with Crippen LogP contribution in [-0.2, 0) is 6.42 Å². The van der Waals surface area contributed by atoms with Crippen molar-refractivity contribution in [2.24, 2.45) is 0 Å². The van der Waals surface area contributed by atoms with E-state index in [1.165, 1.54) is 0 Å². The van der Waals surface area contributed by atoms with Gasteiger partial charge in [-0.2, -0.15) is 0 Å². The first-order valence-electron chi connectivity index (χ1n) is 4.71. The Morgan fingerprint density at radius 2 is 2.33 bits per heavy atom. The Morgan fingerprint density at radius 1 is 1.47 bits per heavy atom. The van der Waals surface area contributed by atoms with E-state index < -0.39 is 0 Å². The monoisotopic (exact) mass is 201 g/mol. The van der Waals surface area contributed by atoms with Crippen LogP contribution < -0.4 is 0 Å². The molecule has 2 rings (SSSR count). The molecule has 2 heterocycles. The molecule has 15 heavy (non-hydrogen) atoms. The number of aromatic nitrogens is 1. The first-order chi connectivity index (χ1) is 7.25. The molecule has 2 aromatic rings. The molecule has 0 N–H and O–H groups in total. The Kier molecular flexibility index (Phi) is 2.63. The summed E-state index contributed by atoms with van der Waals surface area (Å²) in [6.07, 6.45) is 6.84. The van der Waals surface area contributed by atoms with E-state index in [2.05, 4.69) is 4.98 Å². The van der Waals surface area contributed by atoms with Gasteiger partial charge in [-0.3, -0.25) is 9.78 Å². The third-order valence-corrected chi connectivity index (χ3v) is 2.14. The van der Waals surface area contributed by atoms with E-state index >= 15 is 0 Å². The average Bonchev–Trinajstić information content (AvgIpc) is 2.70. The van der Waals surface area contributed by atoms with Crippen LogP contribution in [0.5, 0.6) is 0 Å². The minimum Gasteiger partial charge on any atom is -0.472 e. The molecule has 0 aliphatic rings. The van der Waals surface area contributed by atoms with Gasteiger partial charge in [-0.1, -0.05) is 0 Å². The molecular formula is C12H11NO2. The second kappa shape index (κ2) is 4.09. The molecule has 0 radical (unpaired) electrons. The van der Waals surface area contributed by atoms with Crippen LogP contribution in [0.15, 0.2) is 41.5 Å². The Balaban J connectivity index is 2.15. The van der Waals surface area contributed by atoms with E-state index in [-0.39, 0.29) is 5.78 Å². The number of ketones is 1. The van der Waals surface area contributed by atoms with Gasteiger partial charge in [0.15, 0.2) is 5.78 Å². The van der Waals surface area contributed by atoms with Crippen molar-refractivity contribution in [2.75, 3.05) is 0 Å². The maximum Gasteiger partial charge on any atom is 0.168 e. The Labute approximate surface area is 87.8 Å². The molecule has 3 heteroatoms. The zero-order valence-corrected chi connectivity index (χ0v) is 8.43. The predicted octanol–water partition coefficient (Wildman–Crippen LogP) is 2.41. The summed E-state index contributed by atoms with van der Waals surface area (Å²) in [5.74, 6) is 0.0626. The maximum atomic E-state index is 11.8. The van der Waals surface area contributed by atoms with Crippen molar-refractivity contribution < 1.29 is 9.21 Å². The molecule has 76 valence electrons. The van der Waals surface area contributed by atoms with Gasteiger partial charge in [0.25, 0.3) is 0 Å². The number of aryl methyl sites for hydroxylation is 1. The van der Waals surface area contributed by atoms with Crippen molar-refractivity contribution >= 4 is 5.78 Å². The maximum absolute atomic E-state index is 11.8. The smallest absolute Gasteiger partial charge is 0.168 e. The summed E-state index contributed by atoms with van der Waals surface area (Å²) >= 11 is 0. The minimum atomic E-state index is 0.0626. The summed E-state index contributed by atoms with van der Waals surface area (Å²) in [4.78, 5) is 15.8. The highest BCUT2D eigenvalue weighted by Crippen LogP contribution is 2.08. The fourth-order valence-corrected chi connectivity index (χ4v) is 1.39. The van der Waals surface area contributed by atoms with Crippen molar-refractivity contribution in [1.29, 1.82) is 0 Å². The van der Waals surface area contributed by atoms with Crippen LogP contribution in [0.1, 0.15) is 21.5 Å². The molecule has 0 aromatic carbocycles. The highest BCUT2D eigenvalue weighted by atomic mass is 16.3. The normalized spacial score (nSPS) is 10.2. The highest BCUT2D eigenvalue weighted by Gasteiger charge is 2.08. The van der Waals surface area contributed by atoms with Crippen LogP contribution in [0.3, 0.4) is 0 Å². The number of carbonyl (C=O) groups is 1. The SMILES string of the molecule is Cc1cncc(C(=O)Cc2ccoc2)c1. The van der Waals surface area contributed by atoms with Crippen LogP contribution in [0, 0.1) is 6.92 Å². The van der Waals surface area contributed by atoms with E-state index in [1.54, 1.807) is 31.0 Å². The molecule has 3 nitrogen and oxygen atoms in total. The molecule has 0 saturated carbocycles. The number of hydrogen-bond acceptors (Lipinski definition) is 3. The average molecular weight is 201 g/mol. The second-order valence-corrected chi connectivity index (χ2v) is 3.48. The second-order valence-electron chi connectivity index (χ2n) is 3.48. The van der Waals surface area contributed by atoms with Gasteiger partial charge in [0.05, 0.1) is 12.5 Å². The molecule has 0 saturated heterocycles. The molecular weight excluding hydrogens is 190 g/mol. The van der Waals surface area contributed by atoms with Gasteiger partial charge in [-0.05, 0) is 30.2 Å². The molecule has 0 fully saturated rings. The Hall–Kier alpha value is -1.90. The summed E-state index contributed by atoms with van der Waals surface area (Å²) in [6.45, 7) is 1.92. The van der Waals surface area contributed by atoms with Crippen molar-refractivity contribution in [2.45, 2.75) is 13.3 Å². The molecule has 0 spiro atoms. The van der Waals surface area contributed by atoms with Crippen molar-refractivity contribution in [3.8, 4) is 0 Å². The summed E-state index contributed by atoms with van der Waals surface area (Å²) in [6, 6.07) is 3.64. The molecule has 0 unspecified atom stereocenters. The lowest BCUT2D eigenvalue weighted by molar-refractivity contribution is 0.0992. The van der Waals surface area contributed by atoms with E-state index in [1.807, 2.05) is 13.0 Å². The Bertz CT molecular complexity index is 460. The van der Waals surface area contributed by atoms with E-state index in [0.717, 1.165) is 11.1 Å². The molecule has 0 atom stereocenters. The Morgan fingerprint density at radius 3 is 3.00 bits per heavy atom. The topological polar surface area (TPSA) is 43.1 Å². The highest BCUT2D eigenvalue weighted by molar-refractivity contribution is 5.97. The largest absolute Gasteiger partial charge is 0.472 e. The van der Waals surface area contributed by atoms with Crippen LogP contribution >= 0.6 is 0 Å². The summed E-state index contributed by atoms with van der Waals surface area (Å²) < 4.78 is 4.91. The quantitative estimate of drug-likeness (QED) is 0.716. The number of hydrogen-bond donors (Lipinski definition) is 0. The number of pyridine rings is 1.